The van der Waals surface area contributed by atoms with Crippen molar-refractivity contribution in [2.45, 2.75) is 32.1 Å². The van der Waals surface area contributed by atoms with Crippen LogP contribution in [0.5, 0.6) is 0 Å². The van der Waals surface area contributed by atoms with Gasteiger partial charge in [0.15, 0.2) is 0 Å². The van der Waals surface area contributed by atoms with Crippen LogP contribution < -0.4 is 11.3 Å². The third-order valence-corrected chi connectivity index (χ3v) is 2.75. The highest BCUT2D eigenvalue weighted by Gasteiger charge is 2.19. The number of pyridine rings is 1. The molecule has 0 atom stereocenters. The smallest absolute Gasteiger partial charge is 0.236 e. The Morgan fingerprint density at radius 1 is 1.35 bits per heavy atom. The van der Waals surface area contributed by atoms with Crippen molar-refractivity contribution < 1.29 is 9.18 Å². The predicted octanol–water partition coefficient (Wildman–Crippen LogP) is 1.78. The van der Waals surface area contributed by atoms with Crippen molar-refractivity contribution >= 4 is 5.91 Å². The number of rotatable bonds is 1. The Kier molecular flexibility index (Phi) is 6.17. The van der Waals surface area contributed by atoms with Gasteiger partial charge in [-0.25, -0.2) is 10.8 Å². The molecule has 1 aliphatic rings. The summed E-state index contributed by atoms with van der Waals surface area (Å²) in [6, 6.07) is 4.57. The zero-order chi connectivity index (χ0) is 12.5. The number of amides is 1. The first-order valence-electron chi connectivity index (χ1n) is 5.81. The number of hydrazine groups is 1. The van der Waals surface area contributed by atoms with Gasteiger partial charge in [0.2, 0.25) is 11.9 Å². The number of nitrogens with one attached hydrogen (secondary N) is 1. The van der Waals surface area contributed by atoms with E-state index in [1.54, 1.807) is 12.1 Å². The van der Waals surface area contributed by atoms with Crippen molar-refractivity contribution in [1.82, 2.24) is 10.4 Å². The molecule has 0 spiro atoms. The number of aromatic nitrogens is 1. The molecule has 0 saturated heterocycles. The molecule has 17 heavy (non-hydrogen) atoms. The molecular formula is C12H18FN3O. The van der Waals surface area contributed by atoms with Crippen LogP contribution in [0.4, 0.5) is 4.39 Å². The van der Waals surface area contributed by atoms with Gasteiger partial charge >= 0.3 is 0 Å². The standard InChI is InChI=1S/C7H14N2O.C5H4FN/c8-9-7(10)6-4-2-1-3-5-6;6-5-3-1-2-4-7-5/h6H,1-5,8H2,(H,9,10);1-4H. The summed E-state index contributed by atoms with van der Waals surface area (Å²) in [7, 11) is 0. The van der Waals surface area contributed by atoms with Crippen LogP contribution in [-0.4, -0.2) is 10.9 Å². The molecule has 94 valence electrons. The number of carbonyl (C=O) groups excluding carboxylic acids is 1. The van der Waals surface area contributed by atoms with Crippen molar-refractivity contribution in [2.24, 2.45) is 11.8 Å². The van der Waals surface area contributed by atoms with Crippen LogP contribution in [0.2, 0.25) is 0 Å². The molecule has 1 heterocycles. The van der Waals surface area contributed by atoms with E-state index >= 15 is 0 Å². The minimum atomic E-state index is -0.428. The van der Waals surface area contributed by atoms with Crippen LogP contribution in [0.1, 0.15) is 32.1 Å². The Morgan fingerprint density at radius 3 is 2.47 bits per heavy atom. The highest BCUT2D eigenvalue weighted by atomic mass is 19.1. The van der Waals surface area contributed by atoms with Crippen LogP contribution in [0.3, 0.4) is 0 Å². The molecule has 5 heteroatoms. The molecule has 2 rings (SSSR count). The molecule has 0 aromatic carbocycles. The quantitative estimate of drug-likeness (QED) is 0.340. The Bertz CT molecular complexity index is 326. The molecule has 0 unspecified atom stereocenters. The Balaban J connectivity index is 0.000000181. The molecular weight excluding hydrogens is 221 g/mol. The molecule has 1 aromatic heterocycles. The van der Waals surface area contributed by atoms with Crippen LogP contribution in [-0.2, 0) is 4.79 Å². The number of nitrogens with zero attached hydrogens (tertiary/aromatic N) is 1. The summed E-state index contributed by atoms with van der Waals surface area (Å²) in [4.78, 5) is 14.2. The molecule has 0 aliphatic heterocycles. The van der Waals surface area contributed by atoms with Gasteiger partial charge < -0.3 is 0 Å². The first kappa shape index (κ1) is 13.6. The molecule has 0 radical (unpaired) electrons. The van der Waals surface area contributed by atoms with Gasteiger partial charge in [-0.15, -0.1) is 0 Å². The van der Waals surface area contributed by atoms with E-state index in [4.69, 9.17) is 5.84 Å². The van der Waals surface area contributed by atoms with Crippen molar-refractivity contribution in [3.8, 4) is 0 Å². The Labute approximate surface area is 100 Å². The van der Waals surface area contributed by atoms with Crippen molar-refractivity contribution in [3.05, 3.63) is 30.3 Å². The van der Waals surface area contributed by atoms with Crippen LogP contribution >= 0.6 is 0 Å². The summed E-state index contributed by atoms with van der Waals surface area (Å²) in [6.07, 6.45) is 7.08. The molecule has 1 saturated carbocycles. The van der Waals surface area contributed by atoms with Crippen LogP contribution in [0.25, 0.3) is 0 Å². The molecule has 4 nitrogen and oxygen atoms in total. The van der Waals surface area contributed by atoms with Crippen LogP contribution in [0, 0.1) is 11.9 Å². The van der Waals surface area contributed by atoms with E-state index in [1.807, 2.05) is 0 Å². The molecule has 0 bridgehead atoms. The predicted molar refractivity (Wildman–Crippen MR) is 63.1 cm³/mol. The fraction of sp³-hybridized carbons (Fsp3) is 0.500. The second-order valence-electron chi connectivity index (χ2n) is 4.00. The Morgan fingerprint density at radius 2 is 2.06 bits per heavy atom. The van der Waals surface area contributed by atoms with E-state index in [9.17, 15) is 9.18 Å². The highest BCUT2D eigenvalue weighted by Crippen LogP contribution is 2.23. The second-order valence-corrected chi connectivity index (χ2v) is 4.00. The maximum atomic E-state index is 11.8. The molecule has 1 fully saturated rings. The van der Waals surface area contributed by atoms with Crippen LogP contribution in [0.15, 0.2) is 24.4 Å². The summed E-state index contributed by atoms with van der Waals surface area (Å²) >= 11 is 0. The SMILES string of the molecule is Fc1ccccn1.NNC(=O)C1CCCCC1. The lowest BCUT2D eigenvalue weighted by Crippen LogP contribution is -2.36. The lowest BCUT2D eigenvalue weighted by Gasteiger charge is -2.19. The third-order valence-electron chi connectivity index (χ3n) is 2.75. The summed E-state index contributed by atoms with van der Waals surface area (Å²) in [5.74, 6) is 4.78. The molecule has 1 amide bonds. The van der Waals surface area contributed by atoms with Crippen molar-refractivity contribution in [2.75, 3.05) is 0 Å². The average Bonchev–Trinajstić information content (AvgIpc) is 2.40. The van der Waals surface area contributed by atoms with E-state index in [1.165, 1.54) is 31.5 Å². The molecule has 3 N–H and O–H groups in total. The van der Waals surface area contributed by atoms with Gasteiger partial charge in [0.25, 0.3) is 0 Å². The van der Waals surface area contributed by atoms with Gasteiger partial charge in [-0.05, 0) is 25.0 Å². The van der Waals surface area contributed by atoms with Gasteiger partial charge in [0, 0.05) is 12.1 Å². The third kappa shape index (κ3) is 5.40. The molecule has 1 aliphatic carbocycles. The maximum Gasteiger partial charge on any atom is 0.236 e. The summed E-state index contributed by atoms with van der Waals surface area (Å²) in [5, 5.41) is 0. The number of halogens is 1. The summed E-state index contributed by atoms with van der Waals surface area (Å²) in [5.41, 5.74) is 2.20. The summed E-state index contributed by atoms with van der Waals surface area (Å²) in [6.45, 7) is 0. The minimum absolute atomic E-state index is 0.0136. The van der Waals surface area contributed by atoms with E-state index in [0.29, 0.717) is 0 Å². The minimum Gasteiger partial charge on any atom is -0.294 e. The second kappa shape index (κ2) is 7.73. The highest BCUT2D eigenvalue weighted by molar-refractivity contribution is 5.77. The number of hydrogen-bond donors (Lipinski definition) is 2. The topological polar surface area (TPSA) is 68.0 Å². The first-order chi connectivity index (χ1) is 8.24. The van der Waals surface area contributed by atoms with Gasteiger partial charge in [0.05, 0.1) is 0 Å². The van der Waals surface area contributed by atoms with Gasteiger partial charge in [0.1, 0.15) is 0 Å². The number of hydrogen-bond acceptors (Lipinski definition) is 3. The lowest BCUT2D eigenvalue weighted by molar-refractivity contribution is -0.125. The zero-order valence-corrected chi connectivity index (χ0v) is 9.73. The molecule has 1 aromatic rings. The average molecular weight is 239 g/mol. The fourth-order valence-electron chi connectivity index (χ4n) is 1.82. The monoisotopic (exact) mass is 239 g/mol. The number of nitrogens with two attached hydrogens (primary N) is 1. The van der Waals surface area contributed by atoms with Crippen molar-refractivity contribution in [1.29, 1.82) is 0 Å². The largest absolute Gasteiger partial charge is 0.294 e. The first-order valence-corrected chi connectivity index (χ1v) is 5.81. The fourth-order valence-corrected chi connectivity index (χ4v) is 1.82. The summed E-state index contributed by atoms with van der Waals surface area (Å²) < 4.78 is 11.8. The number of carbonyl (C=O) groups is 1. The van der Waals surface area contributed by atoms with Gasteiger partial charge in [-0.2, -0.15) is 4.39 Å². The van der Waals surface area contributed by atoms with E-state index in [0.717, 1.165) is 12.8 Å². The van der Waals surface area contributed by atoms with Gasteiger partial charge in [-0.1, -0.05) is 25.3 Å². The zero-order valence-electron chi connectivity index (χ0n) is 9.73. The normalized spacial score (nSPS) is 15.6. The Hall–Kier alpha value is -1.49. The van der Waals surface area contributed by atoms with E-state index in [-0.39, 0.29) is 11.8 Å². The van der Waals surface area contributed by atoms with E-state index < -0.39 is 5.95 Å². The lowest BCUT2D eigenvalue weighted by atomic mass is 9.89. The van der Waals surface area contributed by atoms with Crippen molar-refractivity contribution in [3.63, 3.8) is 0 Å². The van der Waals surface area contributed by atoms with Gasteiger partial charge in [-0.3, -0.25) is 10.2 Å². The maximum absolute atomic E-state index is 11.8. The van der Waals surface area contributed by atoms with E-state index in [2.05, 4.69) is 10.4 Å².